The van der Waals surface area contributed by atoms with Gasteiger partial charge in [0.25, 0.3) is 0 Å². The molecule has 0 saturated carbocycles. The minimum absolute atomic E-state index is 0.0741. The van der Waals surface area contributed by atoms with Crippen LogP contribution in [0.1, 0.15) is 19.3 Å². The van der Waals surface area contributed by atoms with Crippen molar-refractivity contribution >= 4 is 17.4 Å². The van der Waals surface area contributed by atoms with Gasteiger partial charge in [0.15, 0.2) is 0 Å². The highest BCUT2D eigenvalue weighted by molar-refractivity contribution is 5.97. The standard InChI is InChI=1S/C13H18N4O/c14-12-5-4-10(9-15-12)17-8-7-16-6-2-1-3-11(16)13(17)18/h4-5,9,11H,1-3,6-8H2,(H2,14,15)/t11-/m0/s1. The minimum Gasteiger partial charge on any atom is -0.384 e. The fourth-order valence-corrected chi connectivity index (χ4v) is 2.87. The van der Waals surface area contributed by atoms with Gasteiger partial charge in [0.05, 0.1) is 17.9 Å². The first-order valence-corrected chi connectivity index (χ1v) is 6.52. The van der Waals surface area contributed by atoms with Gasteiger partial charge in [-0.1, -0.05) is 6.42 Å². The van der Waals surface area contributed by atoms with Crippen molar-refractivity contribution in [2.24, 2.45) is 0 Å². The van der Waals surface area contributed by atoms with Crippen LogP contribution in [0, 0.1) is 0 Å². The number of carbonyl (C=O) groups is 1. The number of nitrogens with zero attached hydrogens (tertiary/aromatic N) is 3. The second-order valence-corrected chi connectivity index (χ2v) is 4.98. The number of amides is 1. The molecule has 2 aliphatic heterocycles. The predicted molar refractivity (Wildman–Crippen MR) is 70.2 cm³/mol. The van der Waals surface area contributed by atoms with E-state index < -0.39 is 0 Å². The number of piperidine rings is 1. The van der Waals surface area contributed by atoms with E-state index in [9.17, 15) is 4.79 Å². The van der Waals surface area contributed by atoms with Gasteiger partial charge in [0, 0.05) is 13.1 Å². The molecule has 0 unspecified atom stereocenters. The highest BCUT2D eigenvalue weighted by atomic mass is 16.2. The Labute approximate surface area is 107 Å². The largest absolute Gasteiger partial charge is 0.384 e. The van der Waals surface area contributed by atoms with Gasteiger partial charge in [0.1, 0.15) is 5.82 Å². The summed E-state index contributed by atoms with van der Waals surface area (Å²) in [5.41, 5.74) is 6.43. The van der Waals surface area contributed by atoms with Crippen LogP contribution in [0.15, 0.2) is 18.3 Å². The lowest BCUT2D eigenvalue weighted by Crippen LogP contribution is -2.58. The van der Waals surface area contributed by atoms with Crippen LogP contribution in [0.25, 0.3) is 0 Å². The molecule has 5 nitrogen and oxygen atoms in total. The third kappa shape index (κ3) is 1.95. The molecule has 1 atom stereocenters. The molecule has 0 aliphatic carbocycles. The second kappa shape index (κ2) is 4.57. The van der Waals surface area contributed by atoms with Crippen LogP contribution in [0.2, 0.25) is 0 Å². The van der Waals surface area contributed by atoms with Gasteiger partial charge in [-0.15, -0.1) is 0 Å². The van der Waals surface area contributed by atoms with Gasteiger partial charge < -0.3 is 10.6 Å². The van der Waals surface area contributed by atoms with Gasteiger partial charge >= 0.3 is 0 Å². The molecule has 3 rings (SSSR count). The molecule has 0 bridgehead atoms. The Morgan fingerprint density at radius 1 is 1.22 bits per heavy atom. The first-order chi connectivity index (χ1) is 8.75. The molecule has 2 saturated heterocycles. The zero-order valence-electron chi connectivity index (χ0n) is 10.4. The number of pyridine rings is 1. The van der Waals surface area contributed by atoms with Crippen LogP contribution in [-0.2, 0) is 4.79 Å². The minimum atomic E-state index is 0.0741. The second-order valence-electron chi connectivity index (χ2n) is 4.98. The lowest BCUT2D eigenvalue weighted by molar-refractivity contribution is -0.127. The SMILES string of the molecule is Nc1ccc(N2CCN3CCCC[C@H]3C2=O)cn1. The number of hydrogen-bond acceptors (Lipinski definition) is 4. The number of piperazine rings is 1. The average Bonchev–Trinajstić information content (AvgIpc) is 2.41. The van der Waals surface area contributed by atoms with Crippen molar-refractivity contribution in [2.75, 3.05) is 30.3 Å². The van der Waals surface area contributed by atoms with Crippen LogP contribution >= 0.6 is 0 Å². The van der Waals surface area contributed by atoms with E-state index in [4.69, 9.17) is 5.73 Å². The summed E-state index contributed by atoms with van der Waals surface area (Å²) in [7, 11) is 0. The van der Waals surface area contributed by atoms with E-state index >= 15 is 0 Å². The molecule has 0 radical (unpaired) electrons. The molecular formula is C13H18N4O. The molecule has 0 spiro atoms. The lowest BCUT2D eigenvalue weighted by atomic mass is 9.98. The van der Waals surface area contributed by atoms with Crippen molar-refractivity contribution in [3.8, 4) is 0 Å². The number of hydrogen-bond donors (Lipinski definition) is 1. The third-order valence-corrected chi connectivity index (χ3v) is 3.86. The van der Waals surface area contributed by atoms with E-state index in [1.807, 2.05) is 11.0 Å². The quantitative estimate of drug-likeness (QED) is 0.798. The number of rotatable bonds is 1. The number of nitrogen functional groups attached to an aromatic ring is 1. The molecule has 0 aromatic carbocycles. The Morgan fingerprint density at radius 3 is 2.89 bits per heavy atom. The third-order valence-electron chi connectivity index (χ3n) is 3.86. The Balaban J connectivity index is 1.81. The number of anilines is 2. The van der Waals surface area contributed by atoms with Crippen LogP contribution < -0.4 is 10.6 Å². The summed E-state index contributed by atoms with van der Waals surface area (Å²) in [5.74, 6) is 0.704. The zero-order valence-corrected chi connectivity index (χ0v) is 10.4. The normalized spacial score (nSPS) is 25.0. The first-order valence-electron chi connectivity index (χ1n) is 6.52. The zero-order chi connectivity index (χ0) is 12.5. The van der Waals surface area contributed by atoms with E-state index in [0.717, 1.165) is 38.2 Å². The van der Waals surface area contributed by atoms with E-state index in [1.54, 1.807) is 12.3 Å². The van der Waals surface area contributed by atoms with Crippen LogP contribution in [-0.4, -0.2) is 41.5 Å². The van der Waals surface area contributed by atoms with E-state index in [0.29, 0.717) is 5.82 Å². The number of fused-ring (bicyclic) bond motifs is 1. The molecule has 2 N–H and O–H groups in total. The summed E-state index contributed by atoms with van der Waals surface area (Å²) in [4.78, 5) is 20.7. The highest BCUT2D eigenvalue weighted by Crippen LogP contribution is 2.25. The first kappa shape index (κ1) is 11.5. The van der Waals surface area contributed by atoms with Crippen molar-refractivity contribution in [1.82, 2.24) is 9.88 Å². The molecule has 2 fully saturated rings. The Morgan fingerprint density at radius 2 is 2.11 bits per heavy atom. The van der Waals surface area contributed by atoms with Gasteiger partial charge in [-0.2, -0.15) is 0 Å². The molecule has 2 aliphatic rings. The summed E-state index contributed by atoms with van der Waals surface area (Å²) in [5, 5.41) is 0. The van der Waals surface area contributed by atoms with Crippen LogP contribution in [0.3, 0.4) is 0 Å². The molecule has 18 heavy (non-hydrogen) atoms. The molecule has 1 amide bonds. The Kier molecular flexibility index (Phi) is 2.91. The highest BCUT2D eigenvalue weighted by Gasteiger charge is 2.36. The van der Waals surface area contributed by atoms with Gasteiger partial charge in [-0.3, -0.25) is 9.69 Å². The maximum atomic E-state index is 12.5. The number of aromatic nitrogens is 1. The summed E-state index contributed by atoms with van der Waals surface area (Å²) >= 11 is 0. The molecule has 3 heterocycles. The van der Waals surface area contributed by atoms with Crippen molar-refractivity contribution in [1.29, 1.82) is 0 Å². The fourth-order valence-electron chi connectivity index (χ4n) is 2.87. The maximum absolute atomic E-state index is 12.5. The van der Waals surface area contributed by atoms with Crippen molar-refractivity contribution < 1.29 is 4.79 Å². The monoisotopic (exact) mass is 246 g/mol. The van der Waals surface area contributed by atoms with Crippen LogP contribution in [0.5, 0.6) is 0 Å². The maximum Gasteiger partial charge on any atom is 0.244 e. The lowest BCUT2D eigenvalue weighted by Gasteiger charge is -2.42. The van der Waals surface area contributed by atoms with Crippen molar-refractivity contribution in [3.05, 3.63) is 18.3 Å². The smallest absolute Gasteiger partial charge is 0.244 e. The van der Waals surface area contributed by atoms with Gasteiger partial charge in [-0.25, -0.2) is 4.98 Å². The average molecular weight is 246 g/mol. The molecule has 1 aromatic rings. The van der Waals surface area contributed by atoms with E-state index in [1.165, 1.54) is 6.42 Å². The summed E-state index contributed by atoms with van der Waals surface area (Å²) in [6.45, 7) is 2.77. The summed E-state index contributed by atoms with van der Waals surface area (Å²) in [6.07, 6.45) is 5.04. The van der Waals surface area contributed by atoms with E-state index in [-0.39, 0.29) is 11.9 Å². The predicted octanol–water partition coefficient (Wildman–Crippen LogP) is 0.865. The van der Waals surface area contributed by atoms with Crippen molar-refractivity contribution in [3.63, 3.8) is 0 Å². The summed E-state index contributed by atoms with van der Waals surface area (Å²) in [6, 6.07) is 3.69. The Bertz CT molecular complexity index is 445. The Hall–Kier alpha value is -1.62. The summed E-state index contributed by atoms with van der Waals surface area (Å²) < 4.78 is 0. The van der Waals surface area contributed by atoms with Gasteiger partial charge in [0.2, 0.25) is 5.91 Å². The molecule has 1 aromatic heterocycles. The molecule has 5 heteroatoms. The van der Waals surface area contributed by atoms with Crippen LogP contribution in [0.4, 0.5) is 11.5 Å². The van der Waals surface area contributed by atoms with E-state index in [2.05, 4.69) is 9.88 Å². The topological polar surface area (TPSA) is 62.5 Å². The van der Waals surface area contributed by atoms with Gasteiger partial charge in [-0.05, 0) is 31.5 Å². The number of carbonyl (C=O) groups excluding carboxylic acids is 1. The molecule has 96 valence electrons. The van der Waals surface area contributed by atoms with Crippen molar-refractivity contribution in [2.45, 2.75) is 25.3 Å². The number of nitrogens with two attached hydrogens (primary N) is 1. The molecular weight excluding hydrogens is 228 g/mol. The fraction of sp³-hybridized carbons (Fsp3) is 0.538.